The van der Waals surface area contributed by atoms with Crippen molar-refractivity contribution < 1.29 is 0 Å². The summed E-state index contributed by atoms with van der Waals surface area (Å²) in [6, 6.07) is 2.14. The summed E-state index contributed by atoms with van der Waals surface area (Å²) in [6.45, 7) is 2.12. The number of allylic oxidation sites excluding steroid dienone is 6. The van der Waals surface area contributed by atoms with Crippen LogP contribution in [0.25, 0.3) is 0 Å². The fourth-order valence-corrected chi connectivity index (χ4v) is 0.963. The average molecular weight is 189 g/mol. The number of hydrogen-bond donors (Lipinski definition) is 0. The van der Waals surface area contributed by atoms with Gasteiger partial charge in [-0.15, -0.1) is 0 Å². The highest BCUT2D eigenvalue weighted by Gasteiger charge is 1.79. The number of nitrogens with zero attached hydrogens (tertiary/aromatic N) is 1. The average Bonchev–Trinajstić information content (AvgIpc) is 2.21. The van der Waals surface area contributed by atoms with Crippen molar-refractivity contribution in [2.75, 3.05) is 0 Å². The van der Waals surface area contributed by atoms with Crippen LogP contribution < -0.4 is 0 Å². The van der Waals surface area contributed by atoms with Gasteiger partial charge in [0.05, 0.1) is 6.07 Å². The minimum Gasteiger partial charge on any atom is -0.198 e. The van der Waals surface area contributed by atoms with Gasteiger partial charge in [0.1, 0.15) is 0 Å². The number of unbranched alkanes of at least 4 members (excludes halogenated alkanes) is 2. The monoisotopic (exact) mass is 189 g/mol. The zero-order valence-electron chi connectivity index (χ0n) is 8.95. The van der Waals surface area contributed by atoms with Crippen molar-refractivity contribution in [1.29, 1.82) is 5.26 Å². The fraction of sp³-hybridized carbons (Fsp3) is 0.462. The predicted octanol–water partition coefficient (Wildman–Crippen LogP) is 4.15. The molecule has 0 aromatic carbocycles. The minimum atomic E-state index is 0.666. The van der Waals surface area contributed by atoms with E-state index in [-0.39, 0.29) is 0 Å². The van der Waals surface area contributed by atoms with Crippen LogP contribution in [0.5, 0.6) is 0 Å². The van der Waals surface area contributed by atoms with E-state index in [2.05, 4.69) is 49.4 Å². The molecule has 0 bridgehead atoms. The molecule has 0 radical (unpaired) electrons. The molecule has 1 heteroatoms. The Bertz CT molecular complexity index is 228. The van der Waals surface area contributed by atoms with Gasteiger partial charge in [0.2, 0.25) is 0 Å². The standard InChI is InChI=1S/C13H19N/c1-2-3-4-5-6-7-8-9-10-11-12-13-14/h3-6,8-9H,2,7,10-12H2,1H3/b4-3+,6-5+,9-8+. The molecular weight excluding hydrogens is 170 g/mol. The quantitative estimate of drug-likeness (QED) is 0.335. The molecule has 0 saturated heterocycles. The van der Waals surface area contributed by atoms with Gasteiger partial charge in [-0.05, 0) is 25.7 Å². The van der Waals surface area contributed by atoms with Gasteiger partial charge in [-0.3, -0.25) is 0 Å². The Kier molecular flexibility index (Phi) is 10.6. The maximum absolute atomic E-state index is 8.30. The van der Waals surface area contributed by atoms with E-state index >= 15 is 0 Å². The van der Waals surface area contributed by atoms with Crippen molar-refractivity contribution in [3.05, 3.63) is 36.5 Å². The second-order valence-electron chi connectivity index (χ2n) is 3.02. The molecule has 14 heavy (non-hydrogen) atoms. The first-order chi connectivity index (χ1) is 6.91. The van der Waals surface area contributed by atoms with Crippen molar-refractivity contribution in [2.45, 2.75) is 39.0 Å². The molecule has 0 atom stereocenters. The molecule has 0 unspecified atom stereocenters. The third-order valence-electron chi connectivity index (χ3n) is 1.72. The maximum Gasteiger partial charge on any atom is 0.0621 e. The van der Waals surface area contributed by atoms with E-state index in [1.807, 2.05) is 0 Å². The molecule has 0 aliphatic carbocycles. The van der Waals surface area contributed by atoms with Crippen LogP contribution >= 0.6 is 0 Å². The zero-order valence-corrected chi connectivity index (χ0v) is 8.95. The first-order valence-corrected chi connectivity index (χ1v) is 5.25. The summed E-state index contributed by atoms with van der Waals surface area (Å²) in [5.74, 6) is 0. The van der Waals surface area contributed by atoms with Crippen molar-refractivity contribution in [3.8, 4) is 6.07 Å². The summed E-state index contributed by atoms with van der Waals surface area (Å²) in [6.07, 6.45) is 17.4. The molecule has 0 heterocycles. The Morgan fingerprint density at radius 1 is 1.07 bits per heavy atom. The highest BCUT2D eigenvalue weighted by molar-refractivity contribution is 5.04. The maximum atomic E-state index is 8.30. The normalized spacial score (nSPS) is 11.7. The smallest absolute Gasteiger partial charge is 0.0621 e. The molecule has 0 aromatic rings. The molecule has 0 fully saturated rings. The Hall–Kier alpha value is -1.29. The van der Waals surface area contributed by atoms with E-state index < -0.39 is 0 Å². The summed E-state index contributed by atoms with van der Waals surface area (Å²) in [5, 5.41) is 8.30. The van der Waals surface area contributed by atoms with Gasteiger partial charge < -0.3 is 0 Å². The number of hydrogen-bond acceptors (Lipinski definition) is 1. The second kappa shape index (κ2) is 11.7. The third-order valence-corrected chi connectivity index (χ3v) is 1.72. The highest BCUT2D eigenvalue weighted by Crippen LogP contribution is 1.96. The lowest BCUT2D eigenvalue weighted by atomic mass is 10.2. The molecule has 0 rings (SSSR count). The summed E-state index contributed by atoms with van der Waals surface area (Å²) >= 11 is 0. The van der Waals surface area contributed by atoms with Crippen LogP contribution in [0.3, 0.4) is 0 Å². The lowest BCUT2D eigenvalue weighted by molar-refractivity contribution is 0.874. The van der Waals surface area contributed by atoms with E-state index in [1.54, 1.807) is 0 Å². The largest absolute Gasteiger partial charge is 0.198 e. The first kappa shape index (κ1) is 12.7. The molecule has 76 valence electrons. The van der Waals surface area contributed by atoms with E-state index in [1.165, 1.54) is 0 Å². The van der Waals surface area contributed by atoms with Crippen molar-refractivity contribution in [2.24, 2.45) is 0 Å². The van der Waals surface area contributed by atoms with E-state index in [9.17, 15) is 0 Å². The molecule has 0 saturated carbocycles. The van der Waals surface area contributed by atoms with Crippen LogP contribution in [0.1, 0.15) is 39.0 Å². The lowest BCUT2D eigenvalue weighted by Crippen LogP contribution is -1.68. The van der Waals surface area contributed by atoms with E-state index in [0.29, 0.717) is 6.42 Å². The number of nitriles is 1. The Morgan fingerprint density at radius 2 is 1.86 bits per heavy atom. The third kappa shape index (κ3) is 10.7. The Labute approximate surface area is 87.4 Å². The molecule has 0 amide bonds. The Balaban J connectivity index is 3.31. The topological polar surface area (TPSA) is 23.8 Å². The van der Waals surface area contributed by atoms with Crippen molar-refractivity contribution in [3.63, 3.8) is 0 Å². The molecular formula is C13H19N. The van der Waals surface area contributed by atoms with Crippen LogP contribution in [0.15, 0.2) is 36.5 Å². The van der Waals surface area contributed by atoms with E-state index in [4.69, 9.17) is 5.26 Å². The predicted molar refractivity (Wildman–Crippen MR) is 61.8 cm³/mol. The molecule has 0 aliphatic heterocycles. The summed E-state index contributed by atoms with van der Waals surface area (Å²) in [7, 11) is 0. The SMILES string of the molecule is CC/C=C/C=C/C/C=C/CCCC#N. The van der Waals surface area contributed by atoms with Gasteiger partial charge >= 0.3 is 0 Å². The van der Waals surface area contributed by atoms with Gasteiger partial charge in [-0.2, -0.15) is 5.26 Å². The molecule has 0 spiro atoms. The summed E-state index contributed by atoms with van der Waals surface area (Å²) in [5.41, 5.74) is 0. The summed E-state index contributed by atoms with van der Waals surface area (Å²) in [4.78, 5) is 0. The van der Waals surface area contributed by atoms with Crippen LogP contribution in [0, 0.1) is 11.3 Å². The van der Waals surface area contributed by atoms with Crippen molar-refractivity contribution in [1.82, 2.24) is 0 Å². The minimum absolute atomic E-state index is 0.666. The summed E-state index contributed by atoms with van der Waals surface area (Å²) < 4.78 is 0. The Morgan fingerprint density at radius 3 is 2.57 bits per heavy atom. The number of rotatable bonds is 7. The van der Waals surface area contributed by atoms with Gasteiger partial charge in [0.25, 0.3) is 0 Å². The highest BCUT2D eigenvalue weighted by atomic mass is 14.2. The van der Waals surface area contributed by atoms with Crippen LogP contribution in [0.2, 0.25) is 0 Å². The van der Waals surface area contributed by atoms with Gasteiger partial charge in [-0.25, -0.2) is 0 Å². The van der Waals surface area contributed by atoms with Gasteiger partial charge in [0.15, 0.2) is 0 Å². The van der Waals surface area contributed by atoms with E-state index in [0.717, 1.165) is 25.7 Å². The van der Waals surface area contributed by atoms with Gasteiger partial charge in [-0.1, -0.05) is 43.4 Å². The van der Waals surface area contributed by atoms with Crippen LogP contribution in [-0.4, -0.2) is 0 Å². The molecule has 1 nitrogen and oxygen atoms in total. The van der Waals surface area contributed by atoms with Crippen LogP contribution in [0.4, 0.5) is 0 Å². The second-order valence-corrected chi connectivity index (χ2v) is 3.02. The molecule has 0 aromatic heterocycles. The molecule has 0 N–H and O–H groups in total. The zero-order chi connectivity index (χ0) is 10.5. The van der Waals surface area contributed by atoms with Crippen molar-refractivity contribution >= 4 is 0 Å². The van der Waals surface area contributed by atoms with Gasteiger partial charge in [0, 0.05) is 6.42 Å². The molecule has 0 aliphatic rings. The van der Waals surface area contributed by atoms with Crippen LogP contribution in [-0.2, 0) is 0 Å². The fourth-order valence-electron chi connectivity index (χ4n) is 0.963. The first-order valence-electron chi connectivity index (χ1n) is 5.25. The lowest BCUT2D eigenvalue weighted by Gasteiger charge is -1.85.